The smallest absolute Gasteiger partial charge is 0.278 e. The van der Waals surface area contributed by atoms with E-state index in [1.807, 2.05) is 29.2 Å². The number of halogens is 1. The highest BCUT2D eigenvalue weighted by atomic mass is 32.2. The van der Waals surface area contributed by atoms with Gasteiger partial charge in [0.15, 0.2) is 6.54 Å². The zero-order valence-electron chi connectivity index (χ0n) is 15.7. The summed E-state index contributed by atoms with van der Waals surface area (Å²) < 4.78 is 14.2. The molecule has 2 aromatic rings. The number of quaternary nitrogens is 1. The quantitative estimate of drug-likeness (QED) is 0.814. The maximum atomic E-state index is 14.2. The third kappa shape index (κ3) is 3.95. The molecule has 28 heavy (non-hydrogen) atoms. The van der Waals surface area contributed by atoms with Gasteiger partial charge in [-0.25, -0.2) is 4.39 Å². The van der Waals surface area contributed by atoms with Gasteiger partial charge in [0.05, 0.1) is 31.9 Å². The van der Waals surface area contributed by atoms with Crippen molar-refractivity contribution in [3.63, 3.8) is 0 Å². The number of rotatable bonds is 4. The van der Waals surface area contributed by atoms with Crippen molar-refractivity contribution in [1.29, 1.82) is 0 Å². The molecule has 2 aliphatic rings. The maximum absolute atomic E-state index is 14.2. The first-order valence-corrected chi connectivity index (χ1v) is 10.7. The molecule has 2 N–H and O–H groups in total. The van der Waals surface area contributed by atoms with Gasteiger partial charge in [0, 0.05) is 17.9 Å². The first-order chi connectivity index (χ1) is 13.6. The number of nitrogens with zero attached hydrogens (tertiary/aromatic N) is 2. The Kier molecular flexibility index (Phi) is 5.73. The topological polar surface area (TPSA) is 48.2 Å². The zero-order valence-corrected chi connectivity index (χ0v) is 16.5. The van der Waals surface area contributed by atoms with Crippen LogP contribution in [0.3, 0.4) is 0 Å². The predicted octanol–water partition coefficient (Wildman–Crippen LogP) is 1.51. The SMILES string of the molecule is O=C(C[NH+]1CCN(c2ccccc2O)CC1)N1CCS[C@H]1c1ccccc1F. The summed E-state index contributed by atoms with van der Waals surface area (Å²) in [7, 11) is 0. The molecular weight excluding hydrogens is 377 g/mol. The molecule has 1 atom stereocenters. The molecule has 4 rings (SSSR count). The Morgan fingerprint density at radius 2 is 1.82 bits per heavy atom. The van der Waals surface area contributed by atoms with Crippen LogP contribution in [-0.2, 0) is 4.79 Å². The van der Waals surface area contributed by atoms with Gasteiger partial charge in [-0.1, -0.05) is 30.3 Å². The summed E-state index contributed by atoms with van der Waals surface area (Å²) in [6.45, 7) is 4.37. The summed E-state index contributed by atoms with van der Waals surface area (Å²) in [5, 5.41) is 9.81. The second kappa shape index (κ2) is 8.41. The number of aromatic hydroxyl groups is 1. The lowest BCUT2D eigenvalue weighted by molar-refractivity contribution is -0.892. The van der Waals surface area contributed by atoms with Crippen LogP contribution in [-0.4, -0.2) is 60.9 Å². The maximum Gasteiger partial charge on any atom is 0.278 e. The molecule has 2 fully saturated rings. The summed E-state index contributed by atoms with van der Waals surface area (Å²) in [6.07, 6.45) is 0. The van der Waals surface area contributed by atoms with Gasteiger partial charge in [-0.3, -0.25) is 4.79 Å². The van der Waals surface area contributed by atoms with Gasteiger partial charge in [-0.05, 0) is 18.2 Å². The zero-order chi connectivity index (χ0) is 19.5. The van der Waals surface area contributed by atoms with Crippen LogP contribution in [0.15, 0.2) is 48.5 Å². The summed E-state index contributed by atoms with van der Waals surface area (Å²) in [4.78, 5) is 18.2. The fourth-order valence-electron chi connectivity index (χ4n) is 3.95. The summed E-state index contributed by atoms with van der Waals surface area (Å²) in [6, 6.07) is 14.1. The van der Waals surface area contributed by atoms with Crippen molar-refractivity contribution in [1.82, 2.24) is 4.90 Å². The highest BCUT2D eigenvalue weighted by Gasteiger charge is 2.34. The summed E-state index contributed by atoms with van der Waals surface area (Å²) >= 11 is 1.63. The third-order valence-electron chi connectivity index (χ3n) is 5.48. The number of hydrogen-bond acceptors (Lipinski definition) is 4. The first-order valence-electron chi connectivity index (χ1n) is 9.65. The summed E-state index contributed by atoms with van der Waals surface area (Å²) in [5.41, 5.74) is 1.45. The van der Waals surface area contributed by atoms with Crippen molar-refractivity contribution in [2.75, 3.05) is 49.9 Å². The number of para-hydroxylation sites is 2. The van der Waals surface area contributed by atoms with Gasteiger partial charge in [0.2, 0.25) is 0 Å². The van der Waals surface area contributed by atoms with E-state index in [0.29, 0.717) is 24.4 Å². The van der Waals surface area contributed by atoms with Crippen LogP contribution >= 0.6 is 11.8 Å². The number of phenolic OH excluding ortho intramolecular Hbond substituents is 1. The first kappa shape index (κ1) is 19.1. The Labute approximate surface area is 168 Å². The van der Waals surface area contributed by atoms with Crippen LogP contribution in [0.25, 0.3) is 0 Å². The van der Waals surface area contributed by atoms with E-state index in [4.69, 9.17) is 0 Å². The average Bonchev–Trinajstić information content (AvgIpc) is 3.19. The van der Waals surface area contributed by atoms with Gasteiger partial charge in [0.1, 0.15) is 16.9 Å². The predicted molar refractivity (Wildman–Crippen MR) is 109 cm³/mol. The van der Waals surface area contributed by atoms with Crippen LogP contribution < -0.4 is 9.80 Å². The van der Waals surface area contributed by atoms with Crippen molar-refractivity contribution in [2.24, 2.45) is 0 Å². The molecule has 0 aromatic heterocycles. The molecule has 0 bridgehead atoms. The van der Waals surface area contributed by atoms with E-state index >= 15 is 0 Å². The van der Waals surface area contributed by atoms with Crippen LogP contribution in [0.1, 0.15) is 10.9 Å². The van der Waals surface area contributed by atoms with Gasteiger partial charge >= 0.3 is 0 Å². The molecule has 148 valence electrons. The van der Waals surface area contributed by atoms with Crippen LogP contribution in [0.5, 0.6) is 5.75 Å². The number of amides is 1. The van der Waals surface area contributed by atoms with E-state index in [1.54, 1.807) is 30.0 Å². The second-order valence-electron chi connectivity index (χ2n) is 7.23. The Hall–Kier alpha value is -2.25. The number of benzene rings is 2. The number of carbonyl (C=O) groups excluding carboxylic acids is 1. The number of hydrogen-bond donors (Lipinski definition) is 2. The molecular formula is C21H25FN3O2S+. The molecule has 0 spiro atoms. The molecule has 5 nitrogen and oxygen atoms in total. The lowest BCUT2D eigenvalue weighted by Gasteiger charge is -2.34. The highest BCUT2D eigenvalue weighted by molar-refractivity contribution is 7.99. The van der Waals surface area contributed by atoms with E-state index in [-0.39, 0.29) is 17.1 Å². The number of phenols is 1. The minimum absolute atomic E-state index is 0.0873. The van der Waals surface area contributed by atoms with E-state index in [2.05, 4.69) is 4.90 Å². The van der Waals surface area contributed by atoms with E-state index in [1.165, 1.54) is 11.0 Å². The largest absolute Gasteiger partial charge is 0.506 e. The number of anilines is 1. The standard InChI is InChI=1S/C21H24FN3O2S/c22-17-6-2-1-5-16(17)21-25(13-14-28-21)20(27)15-23-9-11-24(12-10-23)18-7-3-4-8-19(18)26/h1-8,21,26H,9-15H2/p+1/t21-/m0/s1. The molecule has 0 aliphatic carbocycles. The Balaban J connectivity index is 1.36. The normalized spacial score (nSPS) is 20.5. The Morgan fingerprint density at radius 3 is 2.57 bits per heavy atom. The number of thioether (sulfide) groups is 1. The lowest BCUT2D eigenvalue weighted by Crippen LogP contribution is -3.15. The molecule has 2 aliphatic heterocycles. The molecule has 2 heterocycles. The molecule has 7 heteroatoms. The van der Waals surface area contributed by atoms with Gasteiger partial charge < -0.3 is 19.8 Å². The van der Waals surface area contributed by atoms with Crippen molar-refractivity contribution >= 4 is 23.4 Å². The van der Waals surface area contributed by atoms with Crippen molar-refractivity contribution in [2.45, 2.75) is 5.37 Å². The lowest BCUT2D eigenvalue weighted by atomic mass is 10.2. The van der Waals surface area contributed by atoms with E-state index < -0.39 is 0 Å². The fraction of sp³-hybridized carbons (Fsp3) is 0.381. The minimum atomic E-state index is -0.247. The molecule has 0 saturated carbocycles. The molecule has 2 aromatic carbocycles. The summed E-state index contributed by atoms with van der Waals surface area (Å²) in [5.74, 6) is 0.970. The van der Waals surface area contributed by atoms with Crippen molar-refractivity contribution < 1.29 is 19.2 Å². The second-order valence-corrected chi connectivity index (χ2v) is 8.42. The number of nitrogens with one attached hydrogen (secondary N) is 1. The van der Waals surface area contributed by atoms with Gasteiger partial charge in [0.25, 0.3) is 5.91 Å². The van der Waals surface area contributed by atoms with Gasteiger partial charge in [-0.2, -0.15) is 0 Å². The Morgan fingerprint density at radius 1 is 1.11 bits per heavy atom. The monoisotopic (exact) mass is 402 g/mol. The van der Waals surface area contributed by atoms with E-state index in [0.717, 1.165) is 37.6 Å². The van der Waals surface area contributed by atoms with Gasteiger partial charge in [-0.15, -0.1) is 11.8 Å². The minimum Gasteiger partial charge on any atom is -0.506 e. The van der Waals surface area contributed by atoms with Crippen LogP contribution in [0.4, 0.5) is 10.1 Å². The number of carbonyl (C=O) groups is 1. The molecule has 2 saturated heterocycles. The Bertz CT molecular complexity index is 842. The molecule has 1 amide bonds. The van der Waals surface area contributed by atoms with Crippen LogP contribution in [0, 0.1) is 5.82 Å². The van der Waals surface area contributed by atoms with Crippen molar-refractivity contribution in [3.8, 4) is 5.75 Å². The number of piperazine rings is 1. The van der Waals surface area contributed by atoms with E-state index in [9.17, 15) is 14.3 Å². The fourth-order valence-corrected chi connectivity index (χ4v) is 5.25. The molecule has 0 radical (unpaired) electrons. The van der Waals surface area contributed by atoms with Crippen LogP contribution in [0.2, 0.25) is 0 Å². The average molecular weight is 403 g/mol. The van der Waals surface area contributed by atoms with Crippen molar-refractivity contribution in [3.05, 3.63) is 59.9 Å². The molecule has 0 unspecified atom stereocenters. The highest BCUT2D eigenvalue weighted by Crippen LogP contribution is 2.38. The third-order valence-corrected chi connectivity index (χ3v) is 6.72.